The van der Waals surface area contributed by atoms with Gasteiger partial charge in [-0.2, -0.15) is 0 Å². The van der Waals surface area contributed by atoms with Gasteiger partial charge in [-0.05, 0) is 177 Å². The maximum atomic E-state index is 2.47. The lowest BCUT2D eigenvalue weighted by atomic mass is 9.76. The van der Waals surface area contributed by atoms with Gasteiger partial charge in [0.25, 0.3) is 0 Å². The molecule has 0 aliphatic heterocycles. The minimum absolute atomic E-state index is 1.20. The highest BCUT2D eigenvalue weighted by molar-refractivity contribution is 6.42. The Morgan fingerprint density at radius 2 is 0.263 bits per heavy atom. The second-order valence-electron chi connectivity index (χ2n) is 21.6. The molecular weight excluding hydrogens is 961 g/mol. The molecule has 80 heavy (non-hydrogen) atoms. The smallest absolute Gasteiger partial charge is 0.000718 e. The summed E-state index contributed by atoms with van der Waals surface area (Å²) in [5, 5.41) is 10.5. The maximum absolute atomic E-state index is 2.47. The van der Waals surface area contributed by atoms with Crippen LogP contribution in [0.2, 0.25) is 0 Å². The quantitative estimate of drug-likeness (QED) is 0.105. The van der Waals surface area contributed by atoms with E-state index in [1.54, 1.807) is 0 Å². The zero-order valence-electron chi connectivity index (χ0n) is 43.7. The van der Waals surface area contributed by atoms with E-state index in [-0.39, 0.29) is 0 Å². The summed E-state index contributed by atoms with van der Waals surface area (Å²) in [6, 6.07) is 109. The van der Waals surface area contributed by atoms with E-state index in [0.717, 1.165) is 0 Å². The summed E-state index contributed by atoms with van der Waals surface area (Å²) in [5.74, 6) is 0. The van der Waals surface area contributed by atoms with Crippen LogP contribution in [0.4, 0.5) is 0 Å². The van der Waals surface area contributed by atoms with Gasteiger partial charge >= 0.3 is 0 Å². The average molecular weight is 1010 g/mol. The molecule has 0 saturated carbocycles. The van der Waals surface area contributed by atoms with Crippen LogP contribution in [0.1, 0.15) is 0 Å². The standard InChI is InChI=1S/C80H48/c1-9-25-49(26-10-1)65-66(50-27-11-2-12-28-50)70(54-35-19-6-20-36-54)78-62-46-42-58-60-44-48-64-76-63(47-43-59(74(60)76)57-41-45-61(75(62)73(57)58)77(78)69(65)53-33-17-5-18-34-53)79-71(55-37-21-7-22-38-55)67(51-29-13-3-14-30-51)68(52-31-15-4-16-32-52)72(80(64)79)56-39-23-8-24-40-56/h1-48H. The van der Waals surface area contributed by atoms with Gasteiger partial charge in [-0.15, -0.1) is 0 Å². The summed E-state index contributed by atoms with van der Waals surface area (Å²) in [4.78, 5) is 0. The first kappa shape index (κ1) is 44.7. The van der Waals surface area contributed by atoms with E-state index in [2.05, 4.69) is 291 Å². The Labute approximate surface area is 465 Å². The maximum Gasteiger partial charge on any atom is -0.000718 e. The molecule has 0 amide bonds. The van der Waals surface area contributed by atoms with Crippen LogP contribution >= 0.6 is 0 Å². The van der Waals surface area contributed by atoms with Crippen LogP contribution in [0.15, 0.2) is 291 Å². The van der Waals surface area contributed by atoms with Gasteiger partial charge < -0.3 is 0 Å². The van der Waals surface area contributed by atoms with Gasteiger partial charge in [0.2, 0.25) is 0 Å². The van der Waals surface area contributed by atoms with E-state index in [9.17, 15) is 0 Å². The van der Waals surface area contributed by atoms with E-state index in [0.29, 0.717) is 0 Å². The van der Waals surface area contributed by atoms with Gasteiger partial charge in [-0.3, -0.25) is 0 Å². The predicted octanol–water partition coefficient (Wildman–Crippen LogP) is 22.4. The Hall–Kier alpha value is -10.4. The second kappa shape index (κ2) is 17.6. The minimum atomic E-state index is 1.20. The van der Waals surface area contributed by atoms with E-state index in [4.69, 9.17) is 0 Å². The molecule has 17 rings (SSSR count). The van der Waals surface area contributed by atoms with Gasteiger partial charge in [0.05, 0.1) is 0 Å². The van der Waals surface area contributed by atoms with Crippen molar-refractivity contribution in [3.05, 3.63) is 291 Å². The van der Waals surface area contributed by atoms with Crippen LogP contribution in [0, 0.1) is 0 Å². The van der Waals surface area contributed by atoms with Crippen molar-refractivity contribution in [1.82, 2.24) is 0 Å². The van der Waals surface area contributed by atoms with Crippen LogP contribution in [0.5, 0.6) is 0 Å². The molecule has 0 bridgehead atoms. The fourth-order valence-electron chi connectivity index (χ4n) is 14.4. The summed E-state index contributed by atoms with van der Waals surface area (Å²) in [6.07, 6.45) is 0. The van der Waals surface area contributed by atoms with E-state index in [1.165, 1.54) is 177 Å². The monoisotopic (exact) mass is 1010 g/mol. The molecule has 15 aromatic carbocycles. The van der Waals surface area contributed by atoms with Crippen molar-refractivity contribution in [2.24, 2.45) is 0 Å². The molecule has 0 fully saturated rings. The SMILES string of the molecule is c1ccc(-c2c(-c3ccccc3)c(-c3ccccc3)c3c(c2-c2ccccc2)-c2ccc4c5ccc6c7c(ccc(c8ccc-3c2c48)c75)-c2c(-c3ccccc3)c(-c3ccccc3)c(-c3ccccc3)c(-c3ccccc3)c2-6)cc1. The van der Waals surface area contributed by atoms with Gasteiger partial charge in [-0.25, -0.2) is 0 Å². The Kier molecular flexibility index (Phi) is 9.81. The molecule has 368 valence electrons. The molecule has 0 unspecified atom stereocenters. The molecule has 0 nitrogen and oxygen atoms in total. The lowest BCUT2D eigenvalue weighted by molar-refractivity contribution is 1.54. The molecule has 15 aromatic rings. The molecule has 0 heteroatoms. The highest BCUT2D eigenvalue weighted by atomic mass is 14.4. The van der Waals surface area contributed by atoms with E-state index >= 15 is 0 Å². The first-order chi connectivity index (χ1) is 39.8. The molecule has 0 atom stereocenters. The first-order valence-corrected chi connectivity index (χ1v) is 27.9. The van der Waals surface area contributed by atoms with Crippen molar-refractivity contribution < 1.29 is 0 Å². The Morgan fingerprint density at radius 1 is 0.113 bits per heavy atom. The van der Waals surface area contributed by atoms with Crippen LogP contribution in [-0.2, 0) is 0 Å². The van der Waals surface area contributed by atoms with Crippen molar-refractivity contribution in [1.29, 1.82) is 0 Å². The van der Waals surface area contributed by atoms with Gasteiger partial charge in [0.15, 0.2) is 0 Å². The average Bonchev–Trinajstić information content (AvgIpc) is 3.19. The summed E-state index contributed by atoms with van der Waals surface area (Å²) in [6.45, 7) is 0. The highest BCUT2D eigenvalue weighted by Crippen LogP contribution is 2.65. The van der Waals surface area contributed by atoms with Crippen molar-refractivity contribution in [2.75, 3.05) is 0 Å². The molecule has 0 aromatic heterocycles. The molecule has 0 saturated heterocycles. The first-order valence-electron chi connectivity index (χ1n) is 27.9. The Bertz CT molecular complexity index is 4330. The number of fused-ring (bicyclic) bond motifs is 8. The lowest BCUT2D eigenvalue weighted by Crippen LogP contribution is -1.99. The van der Waals surface area contributed by atoms with Crippen molar-refractivity contribution in [3.63, 3.8) is 0 Å². The zero-order chi connectivity index (χ0) is 52.4. The molecular formula is C80H48. The van der Waals surface area contributed by atoms with Crippen molar-refractivity contribution in [3.8, 4) is 134 Å². The molecule has 2 aliphatic rings. The normalized spacial score (nSPS) is 12.0. The Balaban J connectivity index is 1.02. The van der Waals surface area contributed by atoms with Crippen molar-refractivity contribution >= 4 is 43.1 Å². The fraction of sp³-hybridized carbons (Fsp3) is 0. The zero-order valence-corrected chi connectivity index (χ0v) is 43.7. The summed E-state index contributed by atoms with van der Waals surface area (Å²) >= 11 is 0. The topological polar surface area (TPSA) is 0 Å². The van der Waals surface area contributed by atoms with Crippen LogP contribution in [0.25, 0.3) is 177 Å². The third-order valence-electron chi connectivity index (χ3n) is 17.5. The summed E-state index contributed by atoms with van der Waals surface area (Å²) in [7, 11) is 0. The van der Waals surface area contributed by atoms with Crippen LogP contribution in [0.3, 0.4) is 0 Å². The molecule has 0 N–H and O–H groups in total. The van der Waals surface area contributed by atoms with Gasteiger partial charge in [-0.1, -0.05) is 291 Å². The fourth-order valence-corrected chi connectivity index (χ4v) is 14.4. The summed E-state index contributed by atoms with van der Waals surface area (Å²) in [5.41, 5.74) is 30.1. The largest absolute Gasteiger partial charge is 0.0622 e. The van der Waals surface area contributed by atoms with E-state index < -0.39 is 0 Å². The van der Waals surface area contributed by atoms with Crippen LogP contribution < -0.4 is 0 Å². The van der Waals surface area contributed by atoms with Crippen molar-refractivity contribution in [2.45, 2.75) is 0 Å². The number of hydrogen-bond donors (Lipinski definition) is 0. The number of rotatable bonds is 8. The summed E-state index contributed by atoms with van der Waals surface area (Å²) < 4.78 is 0. The second-order valence-corrected chi connectivity index (χ2v) is 21.6. The van der Waals surface area contributed by atoms with Crippen LogP contribution in [-0.4, -0.2) is 0 Å². The minimum Gasteiger partial charge on any atom is -0.0622 e. The molecule has 0 spiro atoms. The Morgan fingerprint density at radius 3 is 0.425 bits per heavy atom. The van der Waals surface area contributed by atoms with Gasteiger partial charge in [0, 0.05) is 0 Å². The molecule has 0 heterocycles. The van der Waals surface area contributed by atoms with Gasteiger partial charge in [0.1, 0.15) is 0 Å². The number of hydrogen-bond acceptors (Lipinski definition) is 0. The molecule has 0 radical (unpaired) electrons. The third kappa shape index (κ3) is 6.33. The molecule has 2 aliphatic carbocycles. The highest BCUT2D eigenvalue weighted by Gasteiger charge is 2.38. The van der Waals surface area contributed by atoms with E-state index in [1.807, 2.05) is 0 Å². The lowest BCUT2D eigenvalue weighted by Gasteiger charge is -2.26. The number of benzene rings is 15. The third-order valence-corrected chi connectivity index (χ3v) is 17.5. The predicted molar refractivity (Wildman–Crippen MR) is 340 cm³/mol.